The summed E-state index contributed by atoms with van der Waals surface area (Å²) in [4.78, 5) is 4.55. The van der Waals surface area contributed by atoms with E-state index in [0.717, 1.165) is 62.4 Å². The monoisotopic (exact) mass is 408 g/mol. The first kappa shape index (κ1) is 21.3. The normalized spacial score (nSPS) is 16.7. The highest BCUT2D eigenvalue weighted by atomic mass is 19.4. The van der Waals surface area contributed by atoms with E-state index >= 15 is 0 Å². The first-order valence-corrected chi connectivity index (χ1v) is 9.80. The summed E-state index contributed by atoms with van der Waals surface area (Å²) in [6.07, 6.45) is -2.43. The van der Waals surface area contributed by atoms with Crippen molar-refractivity contribution in [2.45, 2.75) is 32.0 Å². The van der Waals surface area contributed by atoms with E-state index in [1.54, 1.807) is 18.2 Å². The zero-order chi connectivity index (χ0) is 21.0. The summed E-state index contributed by atoms with van der Waals surface area (Å²) in [5, 5.41) is 9.70. The number of alkyl halides is 3. The summed E-state index contributed by atoms with van der Waals surface area (Å²) in [7, 11) is 1.54. The standard InChI is InChI=1S/C22H27F3N2O2/c1-16(3-4-17-5-10-20(28)21(15-17)29-2)26-11-13-27(14-12-26)19-8-6-18(7-9-19)22(23,24)25/h5-10,15-16,28H,3-4,11-14H2,1-2H3. The minimum absolute atomic E-state index is 0.142. The van der Waals surface area contributed by atoms with Crippen molar-refractivity contribution in [2.75, 3.05) is 38.2 Å². The van der Waals surface area contributed by atoms with Gasteiger partial charge in [0.1, 0.15) is 0 Å². The van der Waals surface area contributed by atoms with Crippen LogP contribution in [0.3, 0.4) is 0 Å². The molecule has 0 radical (unpaired) electrons. The summed E-state index contributed by atoms with van der Waals surface area (Å²) in [6, 6.07) is 11.2. The Morgan fingerprint density at radius 2 is 1.69 bits per heavy atom. The molecule has 1 unspecified atom stereocenters. The number of phenols is 1. The summed E-state index contributed by atoms with van der Waals surface area (Å²) in [5.74, 6) is 0.629. The molecular formula is C22H27F3N2O2. The quantitative estimate of drug-likeness (QED) is 0.760. The molecular weight excluding hydrogens is 381 g/mol. The van der Waals surface area contributed by atoms with E-state index in [-0.39, 0.29) is 5.75 Å². The third-order valence-corrected chi connectivity index (χ3v) is 5.59. The van der Waals surface area contributed by atoms with Crippen molar-refractivity contribution in [1.29, 1.82) is 0 Å². The average molecular weight is 408 g/mol. The topological polar surface area (TPSA) is 35.9 Å². The molecule has 2 aromatic carbocycles. The van der Waals surface area contributed by atoms with Gasteiger partial charge in [0, 0.05) is 37.9 Å². The number of rotatable bonds is 6. The Bertz CT molecular complexity index is 801. The molecule has 0 saturated carbocycles. The number of hydrogen-bond acceptors (Lipinski definition) is 4. The summed E-state index contributed by atoms with van der Waals surface area (Å²) in [5.41, 5.74) is 1.34. The van der Waals surface area contributed by atoms with Crippen LogP contribution in [0.1, 0.15) is 24.5 Å². The van der Waals surface area contributed by atoms with E-state index in [9.17, 15) is 18.3 Å². The van der Waals surface area contributed by atoms with Crippen molar-refractivity contribution in [3.63, 3.8) is 0 Å². The Balaban J connectivity index is 1.50. The molecule has 29 heavy (non-hydrogen) atoms. The van der Waals surface area contributed by atoms with Gasteiger partial charge >= 0.3 is 6.18 Å². The van der Waals surface area contributed by atoms with Gasteiger partial charge in [-0.3, -0.25) is 4.90 Å². The van der Waals surface area contributed by atoms with E-state index in [1.807, 2.05) is 12.1 Å². The molecule has 1 aliphatic heterocycles. The molecule has 7 heteroatoms. The number of hydrogen-bond donors (Lipinski definition) is 1. The molecule has 0 bridgehead atoms. The van der Waals surface area contributed by atoms with Gasteiger partial charge in [0.05, 0.1) is 12.7 Å². The maximum Gasteiger partial charge on any atom is 0.416 e. The number of piperazine rings is 1. The van der Waals surface area contributed by atoms with Gasteiger partial charge in [-0.2, -0.15) is 13.2 Å². The number of benzene rings is 2. The van der Waals surface area contributed by atoms with E-state index in [0.29, 0.717) is 11.8 Å². The maximum atomic E-state index is 12.7. The third kappa shape index (κ3) is 5.35. The SMILES string of the molecule is COc1cc(CCC(C)N2CCN(c3ccc(C(F)(F)F)cc3)CC2)ccc1O. The second-order valence-corrected chi connectivity index (χ2v) is 7.46. The first-order valence-electron chi connectivity index (χ1n) is 9.80. The van der Waals surface area contributed by atoms with Crippen molar-refractivity contribution < 1.29 is 23.0 Å². The number of phenolic OH excluding ortho intramolecular Hbond substituents is 1. The molecule has 0 amide bonds. The Morgan fingerprint density at radius 3 is 2.28 bits per heavy atom. The van der Waals surface area contributed by atoms with Crippen molar-refractivity contribution in [2.24, 2.45) is 0 Å². The van der Waals surface area contributed by atoms with Crippen molar-refractivity contribution in [3.8, 4) is 11.5 Å². The molecule has 0 aromatic heterocycles. The second-order valence-electron chi connectivity index (χ2n) is 7.46. The first-order chi connectivity index (χ1) is 13.8. The number of aromatic hydroxyl groups is 1. The molecule has 2 aromatic rings. The predicted molar refractivity (Wildman–Crippen MR) is 108 cm³/mol. The zero-order valence-electron chi connectivity index (χ0n) is 16.7. The number of aryl methyl sites for hydroxylation is 1. The van der Waals surface area contributed by atoms with Gasteiger partial charge in [0.2, 0.25) is 0 Å². The van der Waals surface area contributed by atoms with Gasteiger partial charge in [0.25, 0.3) is 0 Å². The number of anilines is 1. The summed E-state index contributed by atoms with van der Waals surface area (Å²) < 4.78 is 43.3. The molecule has 158 valence electrons. The fraction of sp³-hybridized carbons (Fsp3) is 0.455. The number of methoxy groups -OCH3 is 1. The van der Waals surface area contributed by atoms with Crippen molar-refractivity contribution in [3.05, 3.63) is 53.6 Å². The largest absolute Gasteiger partial charge is 0.504 e. The Hall–Kier alpha value is -2.41. The van der Waals surface area contributed by atoms with Crippen LogP contribution in [0.4, 0.5) is 18.9 Å². The van der Waals surface area contributed by atoms with Crippen molar-refractivity contribution >= 4 is 5.69 Å². The number of ether oxygens (including phenoxy) is 1. The highest BCUT2D eigenvalue weighted by Crippen LogP contribution is 2.31. The fourth-order valence-corrected chi connectivity index (χ4v) is 3.72. The smallest absolute Gasteiger partial charge is 0.416 e. The Kier molecular flexibility index (Phi) is 6.57. The van der Waals surface area contributed by atoms with Gasteiger partial charge < -0.3 is 14.7 Å². The molecule has 1 saturated heterocycles. The molecule has 3 rings (SSSR count). The zero-order valence-corrected chi connectivity index (χ0v) is 16.7. The molecule has 1 fully saturated rings. The van der Waals surface area contributed by atoms with E-state index in [1.165, 1.54) is 7.11 Å². The van der Waals surface area contributed by atoms with E-state index in [4.69, 9.17) is 4.74 Å². The van der Waals surface area contributed by atoms with Gasteiger partial charge in [-0.05, 0) is 61.7 Å². The van der Waals surface area contributed by atoms with Crippen LogP contribution >= 0.6 is 0 Å². The van der Waals surface area contributed by atoms with Crippen LogP contribution < -0.4 is 9.64 Å². The van der Waals surface area contributed by atoms with E-state index in [2.05, 4.69) is 16.7 Å². The van der Waals surface area contributed by atoms with E-state index < -0.39 is 11.7 Å². The van der Waals surface area contributed by atoms with Crippen LogP contribution in [-0.2, 0) is 12.6 Å². The molecule has 0 aliphatic carbocycles. The van der Waals surface area contributed by atoms with Gasteiger partial charge in [-0.15, -0.1) is 0 Å². The Labute approximate surface area is 169 Å². The Morgan fingerprint density at radius 1 is 1.03 bits per heavy atom. The maximum absolute atomic E-state index is 12.7. The van der Waals surface area contributed by atoms with Gasteiger partial charge in [-0.25, -0.2) is 0 Å². The minimum Gasteiger partial charge on any atom is -0.504 e. The number of halogens is 3. The molecule has 1 N–H and O–H groups in total. The lowest BCUT2D eigenvalue weighted by atomic mass is 10.0. The van der Waals surface area contributed by atoms with Gasteiger partial charge in [-0.1, -0.05) is 6.07 Å². The molecule has 0 spiro atoms. The average Bonchev–Trinajstić information content (AvgIpc) is 2.72. The summed E-state index contributed by atoms with van der Waals surface area (Å²) in [6.45, 7) is 5.54. The van der Waals surface area contributed by atoms with Crippen molar-refractivity contribution in [1.82, 2.24) is 4.90 Å². The van der Waals surface area contributed by atoms with Crippen LogP contribution in [0.2, 0.25) is 0 Å². The van der Waals surface area contributed by atoms with Crippen LogP contribution in [0, 0.1) is 0 Å². The van der Waals surface area contributed by atoms with Crippen LogP contribution in [0.15, 0.2) is 42.5 Å². The second kappa shape index (κ2) is 8.95. The number of nitrogens with zero attached hydrogens (tertiary/aromatic N) is 2. The minimum atomic E-state index is -4.30. The highest BCUT2D eigenvalue weighted by Gasteiger charge is 2.30. The molecule has 4 nitrogen and oxygen atoms in total. The lowest BCUT2D eigenvalue weighted by Crippen LogP contribution is -2.49. The van der Waals surface area contributed by atoms with Crippen LogP contribution in [0.5, 0.6) is 11.5 Å². The lowest BCUT2D eigenvalue weighted by Gasteiger charge is -2.39. The summed E-state index contributed by atoms with van der Waals surface area (Å²) >= 11 is 0. The predicted octanol–water partition coefficient (Wildman–Crippen LogP) is 4.56. The fourth-order valence-electron chi connectivity index (χ4n) is 3.72. The molecule has 1 atom stereocenters. The van der Waals surface area contributed by atoms with Gasteiger partial charge in [0.15, 0.2) is 11.5 Å². The molecule has 1 aliphatic rings. The third-order valence-electron chi connectivity index (χ3n) is 5.59. The lowest BCUT2D eigenvalue weighted by molar-refractivity contribution is -0.137. The van der Waals surface area contributed by atoms with Crippen LogP contribution in [-0.4, -0.2) is 49.3 Å². The highest BCUT2D eigenvalue weighted by molar-refractivity contribution is 5.48. The molecule has 1 heterocycles. The van der Waals surface area contributed by atoms with Crippen LogP contribution in [0.25, 0.3) is 0 Å².